The maximum Gasteiger partial charge on any atom is 0.343 e. The summed E-state index contributed by atoms with van der Waals surface area (Å²) in [7, 11) is 2.68. The molecule has 0 spiro atoms. The van der Waals surface area contributed by atoms with Gasteiger partial charge in [0.2, 0.25) is 0 Å². The van der Waals surface area contributed by atoms with Gasteiger partial charge < -0.3 is 24.1 Å². The van der Waals surface area contributed by atoms with Crippen molar-refractivity contribution >= 4 is 17.9 Å². The van der Waals surface area contributed by atoms with E-state index in [1.807, 2.05) is 0 Å². The van der Waals surface area contributed by atoms with E-state index in [-0.39, 0.29) is 33.9 Å². The Labute approximate surface area is 177 Å². The lowest BCUT2D eigenvalue weighted by Gasteiger charge is -2.11. The third-order valence-electron chi connectivity index (χ3n) is 4.20. The predicted molar refractivity (Wildman–Crippen MR) is 109 cm³/mol. The highest BCUT2D eigenvalue weighted by Crippen LogP contribution is 2.27. The normalized spacial score (nSPS) is 10.1. The summed E-state index contributed by atoms with van der Waals surface area (Å²) in [5, 5.41) is 9.33. The van der Waals surface area contributed by atoms with E-state index in [4.69, 9.17) is 18.9 Å². The van der Waals surface area contributed by atoms with Crippen molar-refractivity contribution in [2.24, 2.45) is 0 Å². The van der Waals surface area contributed by atoms with Gasteiger partial charge in [-0.3, -0.25) is 0 Å². The molecule has 8 heteroatoms. The summed E-state index contributed by atoms with van der Waals surface area (Å²) in [6.07, 6.45) is 0. The monoisotopic (exact) mass is 422 g/mol. The zero-order valence-electron chi connectivity index (χ0n) is 16.7. The third-order valence-corrected chi connectivity index (χ3v) is 4.20. The van der Waals surface area contributed by atoms with Gasteiger partial charge in [0.15, 0.2) is 0 Å². The Morgan fingerprint density at radius 3 is 1.81 bits per heavy atom. The van der Waals surface area contributed by atoms with Gasteiger partial charge in [-0.25, -0.2) is 14.4 Å². The summed E-state index contributed by atoms with van der Waals surface area (Å²) in [5.74, 6) is -1.60. The van der Waals surface area contributed by atoms with Crippen LogP contribution in [-0.2, 0) is 4.74 Å². The van der Waals surface area contributed by atoms with Crippen molar-refractivity contribution in [2.75, 3.05) is 14.2 Å². The molecule has 0 saturated carbocycles. The van der Waals surface area contributed by atoms with Crippen LogP contribution in [0.4, 0.5) is 0 Å². The molecular weight excluding hydrogens is 404 g/mol. The maximum absolute atomic E-state index is 12.4. The second kappa shape index (κ2) is 9.45. The van der Waals surface area contributed by atoms with E-state index in [0.717, 1.165) is 0 Å². The first-order valence-electron chi connectivity index (χ1n) is 9.01. The summed E-state index contributed by atoms with van der Waals surface area (Å²) in [5.41, 5.74) is 0.349. The van der Waals surface area contributed by atoms with Crippen LogP contribution in [-0.4, -0.2) is 37.2 Å². The third kappa shape index (κ3) is 5.18. The van der Waals surface area contributed by atoms with Crippen molar-refractivity contribution in [3.8, 4) is 23.0 Å². The lowest BCUT2D eigenvalue weighted by molar-refractivity contribution is 0.0589. The highest BCUT2D eigenvalue weighted by atomic mass is 16.5. The molecule has 0 radical (unpaired) electrons. The molecule has 0 amide bonds. The van der Waals surface area contributed by atoms with E-state index in [2.05, 4.69) is 0 Å². The molecule has 0 bridgehead atoms. The molecule has 31 heavy (non-hydrogen) atoms. The Balaban J connectivity index is 1.82. The molecule has 0 aliphatic heterocycles. The molecule has 158 valence electrons. The Hall–Kier alpha value is -4.33. The standard InChI is InChI=1S/C23H18O8/c1-28-17-9-5-15(6-10-17)21(25)30-18-11-12-20(19(13-18)23(27)29-2)31-22(26)14-3-7-16(24)8-4-14/h3-13,24H,1-2H3. The number of esters is 3. The van der Waals surface area contributed by atoms with Gasteiger partial charge in [-0.05, 0) is 66.7 Å². The Kier molecular flexibility index (Phi) is 6.51. The smallest absolute Gasteiger partial charge is 0.343 e. The van der Waals surface area contributed by atoms with Gasteiger partial charge >= 0.3 is 17.9 Å². The maximum atomic E-state index is 12.4. The van der Waals surface area contributed by atoms with Gasteiger partial charge in [0, 0.05) is 0 Å². The van der Waals surface area contributed by atoms with Crippen molar-refractivity contribution in [2.45, 2.75) is 0 Å². The van der Waals surface area contributed by atoms with E-state index >= 15 is 0 Å². The molecule has 8 nitrogen and oxygen atoms in total. The summed E-state index contributed by atoms with van der Waals surface area (Å²) in [6.45, 7) is 0. The molecular formula is C23H18O8. The first kappa shape index (κ1) is 21.4. The first-order valence-corrected chi connectivity index (χ1v) is 9.01. The van der Waals surface area contributed by atoms with Crippen LogP contribution in [0.15, 0.2) is 66.7 Å². The fourth-order valence-electron chi connectivity index (χ4n) is 2.58. The van der Waals surface area contributed by atoms with E-state index < -0.39 is 17.9 Å². The van der Waals surface area contributed by atoms with E-state index in [1.165, 1.54) is 68.8 Å². The molecule has 0 aliphatic rings. The van der Waals surface area contributed by atoms with Gasteiger partial charge in [-0.15, -0.1) is 0 Å². The summed E-state index contributed by atoms with van der Waals surface area (Å²) < 4.78 is 20.4. The number of hydrogen-bond donors (Lipinski definition) is 1. The molecule has 0 aliphatic carbocycles. The van der Waals surface area contributed by atoms with Crippen LogP contribution < -0.4 is 14.2 Å². The van der Waals surface area contributed by atoms with Crippen molar-refractivity contribution < 1.29 is 38.4 Å². The quantitative estimate of drug-likeness (QED) is 0.474. The minimum absolute atomic E-state index is 0.00479. The molecule has 0 saturated heterocycles. The molecule has 0 atom stereocenters. The number of aromatic hydroxyl groups is 1. The second-order valence-electron chi connectivity index (χ2n) is 6.20. The molecule has 0 fully saturated rings. The van der Waals surface area contributed by atoms with Gasteiger partial charge in [-0.2, -0.15) is 0 Å². The number of phenolic OH excluding ortho intramolecular Hbond substituents is 1. The van der Waals surface area contributed by atoms with Gasteiger partial charge in [0.05, 0.1) is 25.3 Å². The van der Waals surface area contributed by atoms with Crippen LogP contribution in [0.5, 0.6) is 23.0 Å². The number of phenols is 1. The van der Waals surface area contributed by atoms with Crippen LogP contribution in [0.25, 0.3) is 0 Å². The number of hydrogen-bond acceptors (Lipinski definition) is 8. The van der Waals surface area contributed by atoms with E-state index in [9.17, 15) is 19.5 Å². The van der Waals surface area contributed by atoms with Crippen LogP contribution >= 0.6 is 0 Å². The topological polar surface area (TPSA) is 108 Å². The van der Waals surface area contributed by atoms with Crippen LogP contribution in [0, 0.1) is 0 Å². The molecule has 1 N–H and O–H groups in total. The SMILES string of the molecule is COC(=O)c1cc(OC(=O)c2ccc(OC)cc2)ccc1OC(=O)c1ccc(O)cc1. The Morgan fingerprint density at radius 2 is 1.23 bits per heavy atom. The molecule has 3 aromatic rings. The zero-order valence-corrected chi connectivity index (χ0v) is 16.7. The minimum atomic E-state index is -0.782. The molecule has 0 aromatic heterocycles. The fourth-order valence-corrected chi connectivity index (χ4v) is 2.58. The fraction of sp³-hybridized carbons (Fsp3) is 0.0870. The van der Waals surface area contributed by atoms with E-state index in [1.54, 1.807) is 12.1 Å². The number of rotatable bonds is 6. The number of benzene rings is 3. The predicted octanol–water partition coefficient (Wildman–Crippen LogP) is 3.63. The van der Waals surface area contributed by atoms with Crippen LogP contribution in [0.2, 0.25) is 0 Å². The second-order valence-corrected chi connectivity index (χ2v) is 6.20. The average Bonchev–Trinajstić information content (AvgIpc) is 2.79. The zero-order chi connectivity index (χ0) is 22.4. The summed E-state index contributed by atoms with van der Waals surface area (Å²) in [4.78, 5) is 36.9. The summed E-state index contributed by atoms with van der Waals surface area (Å²) >= 11 is 0. The largest absolute Gasteiger partial charge is 0.508 e. The van der Waals surface area contributed by atoms with Crippen molar-refractivity contribution in [3.63, 3.8) is 0 Å². The van der Waals surface area contributed by atoms with Crippen LogP contribution in [0.3, 0.4) is 0 Å². The van der Waals surface area contributed by atoms with Gasteiger partial charge in [0.25, 0.3) is 0 Å². The average molecular weight is 422 g/mol. The number of ether oxygens (including phenoxy) is 4. The van der Waals surface area contributed by atoms with Crippen molar-refractivity contribution in [1.82, 2.24) is 0 Å². The number of carbonyl (C=O) groups is 3. The highest BCUT2D eigenvalue weighted by Gasteiger charge is 2.19. The van der Waals surface area contributed by atoms with E-state index in [0.29, 0.717) is 5.75 Å². The molecule has 0 unspecified atom stereocenters. The van der Waals surface area contributed by atoms with Gasteiger partial charge in [-0.1, -0.05) is 0 Å². The molecule has 3 aromatic carbocycles. The van der Waals surface area contributed by atoms with Gasteiger partial charge in [0.1, 0.15) is 28.6 Å². The highest BCUT2D eigenvalue weighted by molar-refractivity contribution is 5.97. The number of carbonyl (C=O) groups excluding carboxylic acids is 3. The Morgan fingerprint density at radius 1 is 0.677 bits per heavy atom. The molecule has 0 heterocycles. The molecule has 3 rings (SSSR count). The van der Waals surface area contributed by atoms with Crippen molar-refractivity contribution in [3.05, 3.63) is 83.4 Å². The summed E-state index contributed by atoms with van der Waals surface area (Å²) in [6, 6.07) is 15.7. The minimum Gasteiger partial charge on any atom is -0.508 e. The lowest BCUT2D eigenvalue weighted by Crippen LogP contribution is -2.13. The number of methoxy groups -OCH3 is 2. The van der Waals surface area contributed by atoms with Crippen molar-refractivity contribution in [1.29, 1.82) is 0 Å². The van der Waals surface area contributed by atoms with Crippen LogP contribution in [0.1, 0.15) is 31.1 Å². The first-order chi connectivity index (χ1) is 14.9. The lowest BCUT2D eigenvalue weighted by atomic mass is 10.1. The Bertz CT molecular complexity index is 1100.